The highest BCUT2D eigenvalue weighted by atomic mass is 32.1. The second-order valence-electron chi connectivity index (χ2n) is 8.24. The number of hydrogen-bond acceptors (Lipinski definition) is 4. The fraction of sp³-hybridized carbons (Fsp3) is 0.417. The number of carbonyl (C=O) groups is 1. The topological polar surface area (TPSA) is 45.2 Å². The van der Waals surface area contributed by atoms with Crippen molar-refractivity contribution in [3.05, 3.63) is 59.2 Å². The van der Waals surface area contributed by atoms with E-state index in [2.05, 4.69) is 55.3 Å². The zero-order valence-electron chi connectivity index (χ0n) is 17.4. The molecule has 2 aromatic carbocycles. The third-order valence-electron chi connectivity index (χ3n) is 5.91. The molecule has 1 amide bonds. The lowest BCUT2D eigenvalue weighted by atomic mass is 9.95. The van der Waals surface area contributed by atoms with E-state index in [-0.39, 0.29) is 11.8 Å². The largest absolute Gasteiger partial charge is 0.355 e. The minimum absolute atomic E-state index is 0.104. The molecule has 1 aliphatic heterocycles. The normalized spacial score (nSPS) is 16.2. The van der Waals surface area contributed by atoms with Crippen LogP contribution < -0.4 is 10.2 Å². The first-order valence-corrected chi connectivity index (χ1v) is 11.3. The van der Waals surface area contributed by atoms with Crippen LogP contribution in [0.4, 0.5) is 5.13 Å². The van der Waals surface area contributed by atoms with Crippen LogP contribution in [-0.4, -0.2) is 30.5 Å². The van der Waals surface area contributed by atoms with E-state index in [1.807, 2.05) is 18.2 Å². The third kappa shape index (κ3) is 4.45. The molecule has 1 N–H and O–H groups in total. The molecule has 1 atom stereocenters. The minimum atomic E-state index is 0.104. The number of benzene rings is 2. The van der Waals surface area contributed by atoms with Gasteiger partial charge in [-0.3, -0.25) is 4.79 Å². The molecule has 1 aliphatic rings. The lowest BCUT2D eigenvalue weighted by Crippen LogP contribution is -2.41. The van der Waals surface area contributed by atoms with Crippen LogP contribution in [0.5, 0.6) is 0 Å². The van der Waals surface area contributed by atoms with Gasteiger partial charge in [0, 0.05) is 25.6 Å². The van der Waals surface area contributed by atoms with Gasteiger partial charge in [-0.15, -0.1) is 0 Å². The molecule has 3 aromatic rings. The van der Waals surface area contributed by atoms with Crippen molar-refractivity contribution in [2.24, 2.45) is 5.92 Å². The molecule has 0 spiro atoms. The van der Waals surface area contributed by atoms with Crippen LogP contribution in [0.25, 0.3) is 10.2 Å². The van der Waals surface area contributed by atoms with Crippen LogP contribution in [0.15, 0.2) is 42.5 Å². The smallest absolute Gasteiger partial charge is 0.223 e. The van der Waals surface area contributed by atoms with E-state index in [4.69, 9.17) is 4.98 Å². The number of aryl methyl sites for hydroxylation is 2. The standard InChI is InChI=1S/C24H29N3OS/c1-16-13-17(2)22-21(14-16)29-24(26-22)27-11-9-20(10-12-27)23(28)25-15-18(3)19-7-5-4-6-8-19/h4-8,13-14,18,20H,9-12,15H2,1-3H3,(H,25,28). The molecule has 0 radical (unpaired) electrons. The van der Waals surface area contributed by atoms with Gasteiger partial charge in [0.25, 0.3) is 0 Å². The van der Waals surface area contributed by atoms with Crippen LogP contribution in [0.1, 0.15) is 42.4 Å². The van der Waals surface area contributed by atoms with Crippen molar-refractivity contribution >= 4 is 32.6 Å². The van der Waals surface area contributed by atoms with Crippen molar-refractivity contribution in [1.82, 2.24) is 10.3 Å². The van der Waals surface area contributed by atoms with Crippen LogP contribution in [0.3, 0.4) is 0 Å². The molecule has 0 aliphatic carbocycles. The zero-order chi connectivity index (χ0) is 20.4. The number of nitrogens with one attached hydrogen (secondary N) is 1. The number of fused-ring (bicyclic) bond motifs is 1. The summed E-state index contributed by atoms with van der Waals surface area (Å²) in [5.41, 5.74) is 4.91. The molecule has 1 saturated heterocycles. The zero-order valence-corrected chi connectivity index (χ0v) is 18.3. The van der Waals surface area contributed by atoms with E-state index in [0.29, 0.717) is 12.5 Å². The maximum atomic E-state index is 12.7. The van der Waals surface area contributed by atoms with Gasteiger partial charge in [-0.1, -0.05) is 54.7 Å². The lowest BCUT2D eigenvalue weighted by Gasteiger charge is -2.31. The van der Waals surface area contributed by atoms with E-state index >= 15 is 0 Å². The number of rotatable bonds is 5. The average molecular weight is 408 g/mol. The van der Waals surface area contributed by atoms with Gasteiger partial charge >= 0.3 is 0 Å². The van der Waals surface area contributed by atoms with Crippen LogP contribution >= 0.6 is 11.3 Å². The Labute approximate surface area is 177 Å². The third-order valence-corrected chi connectivity index (χ3v) is 6.97. The minimum Gasteiger partial charge on any atom is -0.355 e. The molecular formula is C24H29N3OS. The quantitative estimate of drug-likeness (QED) is 0.644. The van der Waals surface area contributed by atoms with Crippen molar-refractivity contribution in [2.45, 2.75) is 39.5 Å². The van der Waals surface area contributed by atoms with Crippen molar-refractivity contribution < 1.29 is 4.79 Å². The van der Waals surface area contributed by atoms with Gasteiger partial charge in [-0.2, -0.15) is 0 Å². The Morgan fingerprint density at radius 3 is 2.66 bits per heavy atom. The van der Waals surface area contributed by atoms with Crippen LogP contribution in [-0.2, 0) is 4.79 Å². The first-order valence-electron chi connectivity index (χ1n) is 10.5. The summed E-state index contributed by atoms with van der Waals surface area (Å²) in [4.78, 5) is 19.9. The summed E-state index contributed by atoms with van der Waals surface area (Å²) in [5.74, 6) is 0.630. The molecule has 0 saturated carbocycles. The fourth-order valence-corrected chi connectivity index (χ4v) is 5.32. The number of thiazole rings is 1. The Hall–Kier alpha value is -2.40. The first kappa shape index (κ1) is 19.9. The van der Waals surface area contributed by atoms with E-state index in [9.17, 15) is 4.79 Å². The molecule has 1 aromatic heterocycles. The van der Waals surface area contributed by atoms with Gasteiger partial charge in [0.1, 0.15) is 0 Å². The number of nitrogens with zero attached hydrogens (tertiary/aromatic N) is 2. The Kier molecular flexibility index (Phi) is 5.86. The summed E-state index contributed by atoms with van der Waals surface area (Å²) in [6.45, 7) is 8.91. The number of piperidine rings is 1. The van der Waals surface area contributed by atoms with E-state index in [1.165, 1.54) is 21.4 Å². The number of amides is 1. The predicted molar refractivity (Wildman–Crippen MR) is 122 cm³/mol. The number of carbonyl (C=O) groups excluding carboxylic acids is 1. The van der Waals surface area contributed by atoms with Crippen molar-refractivity contribution in [3.8, 4) is 0 Å². The average Bonchev–Trinajstić information content (AvgIpc) is 3.17. The summed E-state index contributed by atoms with van der Waals surface area (Å²) >= 11 is 1.77. The maximum Gasteiger partial charge on any atom is 0.223 e. The van der Waals surface area contributed by atoms with Crippen molar-refractivity contribution in [1.29, 1.82) is 0 Å². The van der Waals surface area contributed by atoms with E-state index in [0.717, 1.165) is 36.6 Å². The first-order chi connectivity index (χ1) is 14.0. The lowest BCUT2D eigenvalue weighted by molar-refractivity contribution is -0.125. The fourth-order valence-electron chi connectivity index (χ4n) is 4.12. The Morgan fingerprint density at radius 2 is 1.93 bits per heavy atom. The molecule has 0 bridgehead atoms. The van der Waals surface area contributed by atoms with Gasteiger partial charge < -0.3 is 10.2 Å². The van der Waals surface area contributed by atoms with Gasteiger partial charge in [-0.25, -0.2) is 4.98 Å². The second-order valence-corrected chi connectivity index (χ2v) is 9.25. The van der Waals surface area contributed by atoms with Crippen molar-refractivity contribution in [2.75, 3.05) is 24.5 Å². The molecule has 29 heavy (non-hydrogen) atoms. The highest BCUT2D eigenvalue weighted by Gasteiger charge is 2.26. The molecule has 4 rings (SSSR count). The van der Waals surface area contributed by atoms with Crippen molar-refractivity contribution in [3.63, 3.8) is 0 Å². The molecule has 1 unspecified atom stereocenters. The predicted octanol–water partition coefficient (Wildman–Crippen LogP) is 5.05. The number of hydrogen-bond donors (Lipinski definition) is 1. The SMILES string of the molecule is Cc1cc(C)c2nc(N3CCC(C(=O)NCC(C)c4ccccc4)CC3)sc2c1. The molecule has 152 valence electrons. The Morgan fingerprint density at radius 1 is 1.21 bits per heavy atom. The summed E-state index contributed by atoms with van der Waals surface area (Å²) in [6.07, 6.45) is 1.78. The van der Waals surface area contributed by atoms with Crippen LogP contribution in [0, 0.1) is 19.8 Å². The van der Waals surface area contributed by atoms with Gasteiger partial charge in [0.05, 0.1) is 10.2 Å². The molecule has 1 fully saturated rings. The van der Waals surface area contributed by atoms with E-state index < -0.39 is 0 Å². The van der Waals surface area contributed by atoms with Gasteiger partial charge in [-0.05, 0) is 55.4 Å². The van der Waals surface area contributed by atoms with Crippen LogP contribution in [0.2, 0.25) is 0 Å². The molecular weight excluding hydrogens is 378 g/mol. The number of anilines is 1. The molecule has 4 nitrogen and oxygen atoms in total. The Bertz CT molecular complexity index is 990. The summed E-state index contributed by atoms with van der Waals surface area (Å²) in [7, 11) is 0. The summed E-state index contributed by atoms with van der Waals surface area (Å²) in [6, 6.07) is 14.8. The monoisotopic (exact) mass is 407 g/mol. The van der Waals surface area contributed by atoms with Gasteiger partial charge in [0.2, 0.25) is 5.91 Å². The van der Waals surface area contributed by atoms with Gasteiger partial charge in [0.15, 0.2) is 5.13 Å². The number of aromatic nitrogens is 1. The summed E-state index contributed by atoms with van der Waals surface area (Å²) in [5, 5.41) is 4.26. The molecule has 5 heteroatoms. The summed E-state index contributed by atoms with van der Waals surface area (Å²) < 4.78 is 1.26. The van der Waals surface area contributed by atoms with E-state index in [1.54, 1.807) is 11.3 Å². The highest BCUT2D eigenvalue weighted by molar-refractivity contribution is 7.22. The highest BCUT2D eigenvalue weighted by Crippen LogP contribution is 2.33. The Balaban J connectivity index is 1.32. The second kappa shape index (κ2) is 8.54. The molecule has 2 heterocycles. The maximum absolute atomic E-state index is 12.7.